The molecule has 9 heteroatoms. The lowest BCUT2D eigenvalue weighted by molar-refractivity contribution is -0.138. The van der Waals surface area contributed by atoms with Gasteiger partial charge in [-0.1, -0.05) is 60.7 Å². The number of carboxylic acid groups (broad SMARTS) is 1. The summed E-state index contributed by atoms with van der Waals surface area (Å²) in [5, 5.41) is 16.4. The Morgan fingerprint density at radius 3 is 1.66 bits per heavy atom. The van der Waals surface area contributed by atoms with Gasteiger partial charge in [-0.05, 0) is 18.1 Å². The van der Waals surface area contributed by atoms with Gasteiger partial charge in [-0.25, -0.2) is 0 Å². The van der Waals surface area contributed by atoms with Gasteiger partial charge >= 0.3 is 5.97 Å². The first-order chi connectivity index (χ1) is 15.3. The van der Waals surface area contributed by atoms with E-state index >= 15 is 0 Å². The number of carbonyl (C=O) groups is 4. The fraction of sp³-hybridized carbons (Fsp3) is 0.304. The highest BCUT2D eigenvalue weighted by Gasteiger charge is 2.28. The molecule has 0 fully saturated rings. The zero-order chi connectivity index (χ0) is 23.5. The number of amides is 3. The van der Waals surface area contributed by atoms with E-state index in [2.05, 4.69) is 16.0 Å². The Bertz CT molecular complexity index is 918. The molecule has 6 N–H and O–H groups in total. The summed E-state index contributed by atoms with van der Waals surface area (Å²) in [7, 11) is 0. The quantitative estimate of drug-likeness (QED) is 0.332. The number of nitrogens with one attached hydrogen (secondary N) is 3. The number of carbonyl (C=O) groups excluding carboxylic acids is 3. The predicted octanol–water partition coefficient (Wildman–Crippen LogP) is -0.0106. The van der Waals surface area contributed by atoms with Crippen LogP contribution in [0.25, 0.3) is 0 Å². The molecule has 2 aromatic carbocycles. The fourth-order valence-corrected chi connectivity index (χ4v) is 2.98. The first kappa shape index (κ1) is 24.5. The van der Waals surface area contributed by atoms with Crippen LogP contribution in [0.1, 0.15) is 18.1 Å². The highest BCUT2D eigenvalue weighted by Crippen LogP contribution is 2.07. The second-order valence-corrected chi connectivity index (χ2v) is 7.40. The van der Waals surface area contributed by atoms with Crippen LogP contribution >= 0.6 is 0 Å². The first-order valence-corrected chi connectivity index (χ1v) is 10.2. The molecule has 0 saturated heterocycles. The molecule has 170 valence electrons. The average molecular weight is 441 g/mol. The van der Waals surface area contributed by atoms with Crippen LogP contribution in [0.3, 0.4) is 0 Å². The van der Waals surface area contributed by atoms with Crippen LogP contribution in [0, 0.1) is 0 Å². The molecule has 0 bridgehead atoms. The molecule has 3 atom stereocenters. The first-order valence-electron chi connectivity index (χ1n) is 10.2. The van der Waals surface area contributed by atoms with E-state index < -0.39 is 48.4 Å². The number of hydrogen-bond acceptors (Lipinski definition) is 5. The summed E-state index contributed by atoms with van der Waals surface area (Å²) in [6, 6.07) is 15.3. The summed E-state index contributed by atoms with van der Waals surface area (Å²) < 4.78 is 0. The van der Waals surface area contributed by atoms with Crippen LogP contribution in [-0.2, 0) is 32.0 Å². The molecule has 0 heterocycles. The molecule has 0 radical (unpaired) electrons. The molecule has 0 aliphatic heterocycles. The van der Waals surface area contributed by atoms with Crippen LogP contribution in [-0.4, -0.2) is 53.5 Å². The lowest BCUT2D eigenvalue weighted by Gasteiger charge is -2.24. The maximum absolute atomic E-state index is 13.1. The minimum atomic E-state index is -1.20. The second-order valence-electron chi connectivity index (χ2n) is 7.40. The molecule has 3 amide bonds. The number of carboxylic acids is 1. The van der Waals surface area contributed by atoms with Crippen molar-refractivity contribution in [2.45, 2.75) is 37.9 Å². The lowest BCUT2D eigenvalue weighted by Crippen LogP contribution is -2.56. The minimum Gasteiger partial charge on any atom is -0.480 e. The lowest BCUT2D eigenvalue weighted by atomic mass is 10.0. The van der Waals surface area contributed by atoms with Gasteiger partial charge in [0.2, 0.25) is 17.7 Å². The van der Waals surface area contributed by atoms with E-state index in [0.717, 1.165) is 11.1 Å². The molecule has 9 nitrogen and oxygen atoms in total. The number of aliphatic carboxylic acids is 1. The number of hydrogen-bond donors (Lipinski definition) is 5. The molecule has 2 aromatic rings. The third kappa shape index (κ3) is 8.19. The Morgan fingerprint density at radius 1 is 0.781 bits per heavy atom. The zero-order valence-electron chi connectivity index (χ0n) is 17.8. The van der Waals surface area contributed by atoms with Crippen molar-refractivity contribution >= 4 is 23.7 Å². The van der Waals surface area contributed by atoms with E-state index in [1.165, 1.54) is 6.92 Å². The molecule has 0 aromatic heterocycles. The van der Waals surface area contributed by atoms with Crippen LogP contribution < -0.4 is 21.7 Å². The van der Waals surface area contributed by atoms with Crippen LogP contribution in [0.15, 0.2) is 60.7 Å². The van der Waals surface area contributed by atoms with Crippen molar-refractivity contribution in [2.24, 2.45) is 5.73 Å². The van der Waals surface area contributed by atoms with Crippen LogP contribution in [0.2, 0.25) is 0 Å². The van der Waals surface area contributed by atoms with E-state index in [1.807, 2.05) is 36.4 Å². The largest absolute Gasteiger partial charge is 0.480 e. The molecule has 0 spiro atoms. The van der Waals surface area contributed by atoms with Gasteiger partial charge in [-0.15, -0.1) is 0 Å². The van der Waals surface area contributed by atoms with Crippen molar-refractivity contribution in [2.75, 3.05) is 6.54 Å². The summed E-state index contributed by atoms with van der Waals surface area (Å²) in [4.78, 5) is 48.7. The van der Waals surface area contributed by atoms with Crippen molar-refractivity contribution in [1.29, 1.82) is 0 Å². The van der Waals surface area contributed by atoms with Crippen molar-refractivity contribution in [3.63, 3.8) is 0 Å². The highest BCUT2D eigenvalue weighted by atomic mass is 16.4. The molecule has 0 saturated carbocycles. The average Bonchev–Trinajstić information content (AvgIpc) is 2.77. The van der Waals surface area contributed by atoms with E-state index in [1.54, 1.807) is 24.3 Å². The fourth-order valence-electron chi connectivity index (χ4n) is 2.98. The molecular weight excluding hydrogens is 412 g/mol. The second kappa shape index (κ2) is 12.2. The van der Waals surface area contributed by atoms with E-state index in [-0.39, 0.29) is 12.8 Å². The van der Waals surface area contributed by atoms with Crippen molar-refractivity contribution < 1.29 is 24.3 Å². The minimum absolute atomic E-state index is 0.150. The monoisotopic (exact) mass is 440 g/mol. The van der Waals surface area contributed by atoms with Gasteiger partial charge in [0.25, 0.3) is 0 Å². The van der Waals surface area contributed by atoms with Gasteiger partial charge in [-0.3, -0.25) is 19.2 Å². The van der Waals surface area contributed by atoms with E-state index in [0.29, 0.717) is 0 Å². The Balaban J connectivity index is 2.20. The highest BCUT2D eigenvalue weighted by molar-refractivity contribution is 5.93. The summed E-state index contributed by atoms with van der Waals surface area (Å²) in [6.07, 6.45) is 0.345. The maximum Gasteiger partial charge on any atom is 0.322 e. The molecule has 32 heavy (non-hydrogen) atoms. The van der Waals surface area contributed by atoms with Gasteiger partial charge in [0.05, 0.1) is 6.04 Å². The molecule has 3 unspecified atom stereocenters. The van der Waals surface area contributed by atoms with Gasteiger partial charge in [0, 0.05) is 12.8 Å². The number of nitrogens with two attached hydrogens (primary N) is 1. The predicted molar refractivity (Wildman–Crippen MR) is 118 cm³/mol. The SMILES string of the molecule is CC(N)C(=O)NC(Cc1ccccc1)C(=O)NC(Cc1ccccc1)C(=O)NCC(=O)O. The normalized spacial score (nSPS) is 13.3. The van der Waals surface area contributed by atoms with Crippen molar-refractivity contribution in [1.82, 2.24) is 16.0 Å². The number of rotatable bonds is 11. The van der Waals surface area contributed by atoms with Gasteiger partial charge in [0.1, 0.15) is 18.6 Å². The Hall–Kier alpha value is -3.72. The van der Waals surface area contributed by atoms with E-state index in [4.69, 9.17) is 10.8 Å². The molecular formula is C23H28N4O5. The van der Waals surface area contributed by atoms with Gasteiger partial charge in [-0.2, -0.15) is 0 Å². The summed E-state index contributed by atoms with van der Waals surface area (Å²) in [6.45, 7) is 0.930. The van der Waals surface area contributed by atoms with Crippen LogP contribution in [0.4, 0.5) is 0 Å². The zero-order valence-corrected chi connectivity index (χ0v) is 17.8. The Kier molecular flexibility index (Phi) is 9.37. The van der Waals surface area contributed by atoms with Crippen molar-refractivity contribution in [3.8, 4) is 0 Å². The van der Waals surface area contributed by atoms with Gasteiger partial charge < -0.3 is 26.8 Å². The third-order valence-electron chi connectivity index (χ3n) is 4.66. The Labute approximate surface area is 186 Å². The standard InChI is InChI=1S/C23H28N4O5/c1-15(24)21(30)26-19(13-17-10-6-3-7-11-17)23(32)27-18(22(31)25-14-20(28)29)12-16-8-4-2-5-9-16/h2-11,15,18-19H,12-14,24H2,1H3,(H,25,31)(H,26,30)(H,27,32)(H,28,29). The molecule has 0 aliphatic carbocycles. The molecule has 2 rings (SSSR count). The maximum atomic E-state index is 13.1. The Morgan fingerprint density at radius 2 is 1.22 bits per heavy atom. The van der Waals surface area contributed by atoms with E-state index in [9.17, 15) is 19.2 Å². The number of benzene rings is 2. The summed E-state index contributed by atoms with van der Waals surface area (Å²) in [5.74, 6) is -2.92. The topological polar surface area (TPSA) is 151 Å². The van der Waals surface area contributed by atoms with Crippen molar-refractivity contribution in [3.05, 3.63) is 71.8 Å². The molecule has 0 aliphatic rings. The van der Waals surface area contributed by atoms with Crippen LogP contribution in [0.5, 0.6) is 0 Å². The van der Waals surface area contributed by atoms with Gasteiger partial charge in [0.15, 0.2) is 0 Å². The summed E-state index contributed by atoms with van der Waals surface area (Å²) in [5.41, 5.74) is 7.23. The smallest absolute Gasteiger partial charge is 0.322 e. The summed E-state index contributed by atoms with van der Waals surface area (Å²) >= 11 is 0. The third-order valence-corrected chi connectivity index (χ3v) is 4.66.